The first-order chi connectivity index (χ1) is 8.20. The molecular formula is C15H28O2. The second-order valence-corrected chi connectivity index (χ2v) is 4.87. The fraction of sp³-hybridized carbons (Fsp3) is 0.800. The summed E-state index contributed by atoms with van der Waals surface area (Å²) < 4.78 is 4.66. The number of esters is 1. The van der Waals surface area contributed by atoms with Gasteiger partial charge < -0.3 is 4.74 Å². The van der Waals surface area contributed by atoms with E-state index in [9.17, 15) is 4.79 Å². The van der Waals surface area contributed by atoms with Gasteiger partial charge in [-0.1, -0.05) is 51.5 Å². The number of unbranched alkanes of at least 4 members (excludes halogenated alkanes) is 6. The molecule has 0 spiro atoms. The van der Waals surface area contributed by atoms with E-state index in [4.69, 9.17) is 0 Å². The molecule has 0 heterocycles. The van der Waals surface area contributed by atoms with Crippen molar-refractivity contribution < 1.29 is 9.53 Å². The summed E-state index contributed by atoms with van der Waals surface area (Å²) in [7, 11) is 1.46. The Balaban J connectivity index is 3.21. The van der Waals surface area contributed by atoms with Crippen LogP contribution in [0.3, 0.4) is 0 Å². The first kappa shape index (κ1) is 16.2. The van der Waals surface area contributed by atoms with Crippen molar-refractivity contribution in [3.8, 4) is 0 Å². The van der Waals surface area contributed by atoms with Crippen molar-refractivity contribution in [1.29, 1.82) is 0 Å². The largest absolute Gasteiger partial charge is 0.469 e. The third-order valence-corrected chi connectivity index (χ3v) is 3.10. The van der Waals surface area contributed by atoms with Gasteiger partial charge in [-0.3, -0.25) is 4.79 Å². The van der Waals surface area contributed by atoms with Gasteiger partial charge in [0.15, 0.2) is 0 Å². The van der Waals surface area contributed by atoms with Crippen molar-refractivity contribution in [2.45, 2.75) is 64.7 Å². The van der Waals surface area contributed by atoms with E-state index >= 15 is 0 Å². The van der Waals surface area contributed by atoms with E-state index in [1.165, 1.54) is 45.6 Å². The average molecular weight is 240 g/mol. The molecule has 0 saturated carbocycles. The van der Waals surface area contributed by atoms with Gasteiger partial charge in [0, 0.05) is 6.42 Å². The van der Waals surface area contributed by atoms with E-state index < -0.39 is 0 Å². The summed E-state index contributed by atoms with van der Waals surface area (Å²) in [6.45, 7) is 5.85. The van der Waals surface area contributed by atoms with Crippen LogP contribution in [0.5, 0.6) is 0 Å². The van der Waals surface area contributed by atoms with E-state index in [1.807, 2.05) is 6.08 Å². The Morgan fingerprint density at radius 1 is 1.18 bits per heavy atom. The highest BCUT2D eigenvalue weighted by Crippen LogP contribution is 2.15. The first-order valence-electron chi connectivity index (χ1n) is 6.88. The Kier molecular flexibility index (Phi) is 11.1. The molecule has 0 aliphatic rings. The second-order valence-electron chi connectivity index (χ2n) is 4.87. The zero-order chi connectivity index (χ0) is 12.9. The van der Waals surface area contributed by atoms with Crippen LogP contribution < -0.4 is 0 Å². The molecular weight excluding hydrogens is 212 g/mol. The van der Waals surface area contributed by atoms with Crippen LogP contribution in [-0.2, 0) is 9.53 Å². The summed E-state index contributed by atoms with van der Waals surface area (Å²) in [5.74, 6) is 0.380. The summed E-state index contributed by atoms with van der Waals surface area (Å²) in [4.78, 5) is 11.0. The Bertz CT molecular complexity index is 199. The van der Waals surface area contributed by atoms with Crippen LogP contribution in [0.15, 0.2) is 12.7 Å². The number of methoxy groups -OCH3 is 1. The minimum Gasteiger partial charge on any atom is -0.469 e. The van der Waals surface area contributed by atoms with Crippen LogP contribution >= 0.6 is 0 Å². The fourth-order valence-corrected chi connectivity index (χ4v) is 1.96. The highest BCUT2D eigenvalue weighted by molar-refractivity contribution is 5.69. The lowest BCUT2D eigenvalue weighted by Gasteiger charge is -2.09. The number of rotatable bonds is 11. The summed E-state index contributed by atoms with van der Waals surface area (Å²) in [5.41, 5.74) is 0. The maximum absolute atomic E-state index is 11.0. The number of allylic oxidation sites excluding steroid dienone is 1. The molecule has 0 N–H and O–H groups in total. The fourth-order valence-electron chi connectivity index (χ4n) is 1.96. The average Bonchev–Trinajstić information content (AvgIpc) is 2.32. The third kappa shape index (κ3) is 11.5. The Hall–Kier alpha value is -0.790. The van der Waals surface area contributed by atoms with Crippen LogP contribution in [0.2, 0.25) is 0 Å². The van der Waals surface area contributed by atoms with Gasteiger partial charge in [-0.25, -0.2) is 0 Å². The van der Waals surface area contributed by atoms with Gasteiger partial charge in [0.25, 0.3) is 0 Å². The molecule has 0 rings (SSSR count). The zero-order valence-corrected chi connectivity index (χ0v) is 11.5. The van der Waals surface area contributed by atoms with Gasteiger partial charge in [-0.2, -0.15) is 0 Å². The molecule has 0 aliphatic heterocycles. The standard InChI is InChI=1S/C15H28O2/c1-4-5-6-7-8-9-10-11-12-14(2)13-15(16)17-3/h4,14H,1,5-13H2,2-3H3/t14-/m1/s1. The maximum atomic E-state index is 11.0. The molecule has 2 heteroatoms. The molecule has 100 valence electrons. The van der Waals surface area contributed by atoms with Gasteiger partial charge >= 0.3 is 5.97 Å². The van der Waals surface area contributed by atoms with E-state index in [0.29, 0.717) is 12.3 Å². The molecule has 1 atom stereocenters. The molecule has 0 fully saturated rings. The summed E-state index contributed by atoms with van der Waals surface area (Å²) >= 11 is 0. The molecule has 0 saturated heterocycles. The highest BCUT2D eigenvalue weighted by atomic mass is 16.5. The van der Waals surface area contributed by atoms with Crippen LogP contribution in [0.4, 0.5) is 0 Å². The smallest absolute Gasteiger partial charge is 0.305 e. The molecule has 2 nitrogen and oxygen atoms in total. The van der Waals surface area contributed by atoms with Crippen molar-refractivity contribution in [2.24, 2.45) is 5.92 Å². The molecule has 0 aromatic rings. The lowest BCUT2D eigenvalue weighted by Crippen LogP contribution is -2.06. The van der Waals surface area contributed by atoms with E-state index in [0.717, 1.165) is 12.8 Å². The number of carbonyl (C=O) groups is 1. The van der Waals surface area contributed by atoms with Crippen molar-refractivity contribution in [3.63, 3.8) is 0 Å². The van der Waals surface area contributed by atoms with Gasteiger partial charge in [0.2, 0.25) is 0 Å². The predicted molar refractivity (Wildman–Crippen MR) is 72.9 cm³/mol. The van der Waals surface area contributed by atoms with Crippen LogP contribution in [-0.4, -0.2) is 13.1 Å². The highest BCUT2D eigenvalue weighted by Gasteiger charge is 2.08. The minimum absolute atomic E-state index is 0.0816. The number of hydrogen-bond acceptors (Lipinski definition) is 2. The molecule has 0 aromatic carbocycles. The lowest BCUT2D eigenvalue weighted by molar-refractivity contribution is -0.141. The lowest BCUT2D eigenvalue weighted by atomic mass is 9.99. The normalized spacial score (nSPS) is 12.1. The molecule has 0 unspecified atom stereocenters. The number of carbonyl (C=O) groups excluding carboxylic acids is 1. The summed E-state index contributed by atoms with van der Waals surface area (Å²) in [6, 6.07) is 0. The molecule has 17 heavy (non-hydrogen) atoms. The number of ether oxygens (including phenoxy) is 1. The van der Waals surface area contributed by atoms with Gasteiger partial charge in [0.1, 0.15) is 0 Å². The van der Waals surface area contributed by atoms with Crippen molar-refractivity contribution in [3.05, 3.63) is 12.7 Å². The van der Waals surface area contributed by atoms with Crippen LogP contribution in [0, 0.1) is 5.92 Å². The van der Waals surface area contributed by atoms with Gasteiger partial charge in [-0.05, 0) is 18.8 Å². The van der Waals surface area contributed by atoms with E-state index in [-0.39, 0.29) is 5.97 Å². The maximum Gasteiger partial charge on any atom is 0.305 e. The molecule has 0 bridgehead atoms. The van der Waals surface area contributed by atoms with Crippen molar-refractivity contribution >= 4 is 5.97 Å². The Labute approximate surface area is 106 Å². The van der Waals surface area contributed by atoms with Crippen LogP contribution in [0.1, 0.15) is 64.7 Å². The Morgan fingerprint density at radius 2 is 1.76 bits per heavy atom. The summed E-state index contributed by atoms with van der Waals surface area (Å²) in [6.07, 6.45) is 12.6. The molecule has 0 amide bonds. The first-order valence-corrected chi connectivity index (χ1v) is 6.88. The molecule has 0 aromatic heterocycles. The van der Waals surface area contributed by atoms with Crippen LogP contribution in [0.25, 0.3) is 0 Å². The quantitative estimate of drug-likeness (QED) is 0.302. The van der Waals surface area contributed by atoms with Crippen molar-refractivity contribution in [1.82, 2.24) is 0 Å². The Morgan fingerprint density at radius 3 is 2.35 bits per heavy atom. The third-order valence-electron chi connectivity index (χ3n) is 3.10. The number of hydrogen-bond donors (Lipinski definition) is 0. The predicted octanol–water partition coefficient (Wildman–Crippen LogP) is 4.49. The summed E-state index contributed by atoms with van der Waals surface area (Å²) in [5, 5.41) is 0. The van der Waals surface area contributed by atoms with E-state index in [2.05, 4.69) is 18.2 Å². The van der Waals surface area contributed by atoms with Gasteiger partial charge in [-0.15, -0.1) is 6.58 Å². The monoisotopic (exact) mass is 240 g/mol. The SMILES string of the molecule is C=CCCCCCCCC[C@@H](C)CC(=O)OC. The van der Waals surface area contributed by atoms with E-state index in [1.54, 1.807) is 0 Å². The topological polar surface area (TPSA) is 26.3 Å². The van der Waals surface area contributed by atoms with Gasteiger partial charge in [0.05, 0.1) is 7.11 Å². The van der Waals surface area contributed by atoms with Crippen molar-refractivity contribution in [2.75, 3.05) is 7.11 Å². The minimum atomic E-state index is -0.0816. The molecule has 0 radical (unpaired) electrons. The second kappa shape index (κ2) is 11.7. The zero-order valence-electron chi connectivity index (χ0n) is 11.5. The molecule has 0 aliphatic carbocycles.